The third-order valence-corrected chi connectivity index (χ3v) is 4.07. The Bertz CT molecular complexity index is 686. The summed E-state index contributed by atoms with van der Waals surface area (Å²) in [5.41, 5.74) is -0.101. The Labute approximate surface area is 152 Å². The lowest BCUT2D eigenvalue weighted by Gasteiger charge is -2.22. The fourth-order valence-electron chi connectivity index (χ4n) is 2.85. The van der Waals surface area contributed by atoms with Gasteiger partial charge >= 0.3 is 6.09 Å². The van der Waals surface area contributed by atoms with Gasteiger partial charge in [-0.3, -0.25) is 15.4 Å². The van der Waals surface area contributed by atoms with Gasteiger partial charge in [0, 0.05) is 31.3 Å². The van der Waals surface area contributed by atoms with Crippen LogP contribution in [0, 0.1) is 10.1 Å². The zero-order chi connectivity index (χ0) is 19.5. The summed E-state index contributed by atoms with van der Waals surface area (Å²) in [5, 5.41) is 17.3. The minimum atomic E-state index is -0.700. The summed E-state index contributed by atoms with van der Waals surface area (Å²) in [6, 6.07) is 3.17. The minimum Gasteiger partial charge on any atom is -0.494 e. The Balaban J connectivity index is 2.35. The molecule has 26 heavy (non-hydrogen) atoms. The quantitative estimate of drug-likeness (QED) is 0.609. The van der Waals surface area contributed by atoms with Crippen molar-refractivity contribution >= 4 is 23.2 Å². The van der Waals surface area contributed by atoms with Crippen molar-refractivity contribution in [3.05, 3.63) is 22.2 Å². The molecule has 0 bridgehead atoms. The smallest absolute Gasteiger partial charge is 0.412 e. The lowest BCUT2D eigenvalue weighted by molar-refractivity contribution is -0.384. The van der Waals surface area contributed by atoms with Crippen LogP contribution in [0.2, 0.25) is 0 Å². The average Bonchev–Trinajstić information content (AvgIpc) is 3.01. The van der Waals surface area contributed by atoms with Crippen LogP contribution < -0.4 is 20.3 Å². The van der Waals surface area contributed by atoms with E-state index in [4.69, 9.17) is 9.47 Å². The summed E-state index contributed by atoms with van der Waals surface area (Å²) in [6.07, 6.45) is 0.197. The van der Waals surface area contributed by atoms with E-state index in [0.717, 1.165) is 6.42 Å². The van der Waals surface area contributed by atoms with Gasteiger partial charge in [-0.25, -0.2) is 4.79 Å². The van der Waals surface area contributed by atoms with Crippen LogP contribution in [0.15, 0.2) is 12.1 Å². The molecule has 1 atom stereocenters. The molecule has 1 aliphatic rings. The maximum absolute atomic E-state index is 12.0. The number of nitrogens with zero attached hydrogens (tertiary/aromatic N) is 2. The molecular weight excluding hydrogens is 340 g/mol. The van der Waals surface area contributed by atoms with Crippen molar-refractivity contribution in [1.82, 2.24) is 5.32 Å². The minimum absolute atomic E-state index is 0.0892. The molecule has 2 rings (SSSR count). The van der Waals surface area contributed by atoms with E-state index >= 15 is 0 Å². The van der Waals surface area contributed by atoms with Crippen LogP contribution in [-0.4, -0.2) is 49.9 Å². The van der Waals surface area contributed by atoms with E-state index in [1.165, 1.54) is 13.2 Å². The van der Waals surface area contributed by atoms with E-state index in [0.29, 0.717) is 24.5 Å². The van der Waals surface area contributed by atoms with Crippen molar-refractivity contribution in [3.63, 3.8) is 0 Å². The summed E-state index contributed by atoms with van der Waals surface area (Å²) >= 11 is 0. The van der Waals surface area contributed by atoms with E-state index in [1.54, 1.807) is 26.8 Å². The number of methoxy groups -OCH3 is 1. The molecule has 0 spiro atoms. The number of nitro groups is 1. The van der Waals surface area contributed by atoms with E-state index in [1.807, 2.05) is 11.9 Å². The van der Waals surface area contributed by atoms with Gasteiger partial charge in [0.05, 0.1) is 17.7 Å². The number of carbonyl (C=O) groups excluding carboxylic acids is 1. The molecule has 1 aromatic rings. The second-order valence-electron chi connectivity index (χ2n) is 7.15. The van der Waals surface area contributed by atoms with Crippen LogP contribution in [0.25, 0.3) is 0 Å². The highest BCUT2D eigenvalue weighted by Crippen LogP contribution is 2.39. The number of hydrogen-bond acceptors (Lipinski definition) is 7. The largest absolute Gasteiger partial charge is 0.494 e. The fraction of sp³-hybridized carbons (Fsp3) is 0.588. The van der Waals surface area contributed by atoms with E-state index < -0.39 is 16.6 Å². The number of carbonyl (C=O) groups is 1. The van der Waals surface area contributed by atoms with Crippen LogP contribution in [0.3, 0.4) is 0 Å². The van der Waals surface area contributed by atoms with Crippen molar-refractivity contribution in [1.29, 1.82) is 0 Å². The van der Waals surface area contributed by atoms with Crippen molar-refractivity contribution < 1.29 is 19.2 Å². The number of nitro benzene ring substituents is 1. The molecule has 0 aromatic heterocycles. The van der Waals surface area contributed by atoms with Gasteiger partial charge in [-0.15, -0.1) is 0 Å². The summed E-state index contributed by atoms with van der Waals surface area (Å²) < 4.78 is 10.5. The molecule has 1 saturated heterocycles. The summed E-state index contributed by atoms with van der Waals surface area (Å²) in [5.74, 6) is 0.337. The lowest BCUT2D eigenvalue weighted by atomic mass is 10.2. The van der Waals surface area contributed by atoms with Gasteiger partial charge in [0.15, 0.2) is 0 Å². The number of benzene rings is 1. The summed E-state index contributed by atoms with van der Waals surface area (Å²) in [4.78, 5) is 25.1. The molecule has 9 heteroatoms. The highest BCUT2D eigenvalue weighted by molar-refractivity contribution is 5.89. The van der Waals surface area contributed by atoms with Crippen molar-refractivity contribution in [2.45, 2.75) is 38.8 Å². The Morgan fingerprint density at radius 2 is 2.08 bits per heavy atom. The Hall–Kier alpha value is -2.55. The zero-order valence-corrected chi connectivity index (χ0v) is 15.8. The molecule has 0 radical (unpaired) electrons. The van der Waals surface area contributed by atoms with Gasteiger partial charge in [0.2, 0.25) is 0 Å². The van der Waals surface area contributed by atoms with Crippen molar-refractivity contribution in [2.24, 2.45) is 0 Å². The fourth-order valence-corrected chi connectivity index (χ4v) is 2.85. The Morgan fingerprint density at radius 1 is 1.38 bits per heavy atom. The predicted molar refractivity (Wildman–Crippen MR) is 99.2 cm³/mol. The van der Waals surface area contributed by atoms with Crippen LogP contribution in [0.5, 0.6) is 5.75 Å². The first-order chi connectivity index (χ1) is 12.1. The molecule has 9 nitrogen and oxygen atoms in total. The van der Waals surface area contributed by atoms with Gasteiger partial charge in [-0.2, -0.15) is 0 Å². The number of rotatable bonds is 5. The molecule has 2 N–H and O–H groups in total. The summed E-state index contributed by atoms with van der Waals surface area (Å²) in [6.45, 7) is 6.58. The van der Waals surface area contributed by atoms with Crippen molar-refractivity contribution in [2.75, 3.05) is 37.5 Å². The first-order valence-corrected chi connectivity index (χ1v) is 8.43. The molecule has 0 saturated carbocycles. The van der Waals surface area contributed by atoms with Gasteiger partial charge in [0.1, 0.15) is 17.0 Å². The van der Waals surface area contributed by atoms with Crippen LogP contribution in [0.1, 0.15) is 27.2 Å². The second kappa shape index (κ2) is 7.77. The van der Waals surface area contributed by atoms with Crippen molar-refractivity contribution in [3.8, 4) is 5.75 Å². The van der Waals surface area contributed by atoms with Gasteiger partial charge in [-0.1, -0.05) is 0 Å². The third kappa shape index (κ3) is 4.75. The molecule has 1 amide bonds. The molecule has 1 aliphatic heterocycles. The molecular formula is C17H26N4O5. The second-order valence-corrected chi connectivity index (χ2v) is 7.15. The maximum Gasteiger partial charge on any atom is 0.412 e. The Morgan fingerprint density at radius 3 is 2.58 bits per heavy atom. The standard InChI is InChI=1S/C17H26N4O5/c1-17(2,3)26-16(22)19-12-8-14(21(23)24)13(9-15(12)25-5)20-7-6-11(10-20)18-4/h8-9,11,18H,6-7,10H2,1-5H3,(H,19,22). The number of nitrogens with one attached hydrogen (secondary N) is 2. The van der Waals surface area contributed by atoms with E-state index in [9.17, 15) is 14.9 Å². The van der Waals surface area contributed by atoms with Gasteiger partial charge in [-0.05, 0) is 34.2 Å². The number of anilines is 2. The first kappa shape index (κ1) is 19.8. The normalized spacial score (nSPS) is 17.1. The lowest BCUT2D eigenvalue weighted by Crippen LogP contribution is -2.30. The van der Waals surface area contributed by atoms with Crippen LogP contribution >= 0.6 is 0 Å². The highest BCUT2D eigenvalue weighted by atomic mass is 16.6. The van der Waals surface area contributed by atoms with Crippen LogP contribution in [0.4, 0.5) is 21.9 Å². The van der Waals surface area contributed by atoms with Gasteiger partial charge in [0.25, 0.3) is 5.69 Å². The van der Waals surface area contributed by atoms with E-state index in [2.05, 4.69) is 10.6 Å². The number of amides is 1. The van der Waals surface area contributed by atoms with Gasteiger partial charge < -0.3 is 19.7 Å². The third-order valence-electron chi connectivity index (χ3n) is 4.07. The number of likely N-dealkylation sites (N-methyl/N-ethyl adjacent to an activating group) is 1. The molecule has 144 valence electrons. The summed E-state index contributed by atoms with van der Waals surface area (Å²) in [7, 11) is 3.32. The molecule has 1 aromatic carbocycles. The average molecular weight is 366 g/mol. The molecule has 1 unspecified atom stereocenters. The molecule has 1 heterocycles. The van der Waals surface area contributed by atoms with Crippen LogP contribution in [-0.2, 0) is 4.74 Å². The predicted octanol–water partition coefficient (Wildman–Crippen LogP) is 2.75. The monoisotopic (exact) mass is 366 g/mol. The zero-order valence-electron chi connectivity index (χ0n) is 15.8. The number of ether oxygens (including phenoxy) is 2. The topological polar surface area (TPSA) is 106 Å². The van der Waals surface area contributed by atoms with E-state index in [-0.39, 0.29) is 17.4 Å². The molecule has 0 aliphatic carbocycles. The highest BCUT2D eigenvalue weighted by Gasteiger charge is 2.29. The number of hydrogen-bond donors (Lipinski definition) is 2. The molecule has 1 fully saturated rings. The SMILES string of the molecule is CNC1CCN(c2cc(OC)c(NC(=O)OC(C)(C)C)cc2[N+](=O)[O-])C1. The first-order valence-electron chi connectivity index (χ1n) is 8.43. The Kier molecular flexibility index (Phi) is 5.91. The maximum atomic E-state index is 12.0.